The minimum Gasteiger partial charge on any atom is -0.346 e. The van der Waals surface area contributed by atoms with Crippen LogP contribution in [0.1, 0.15) is 11.5 Å². The predicted octanol–water partition coefficient (Wildman–Crippen LogP) is 4.08. The predicted molar refractivity (Wildman–Crippen MR) is 99.2 cm³/mol. The van der Waals surface area contributed by atoms with Crippen molar-refractivity contribution in [2.24, 2.45) is 0 Å². The van der Waals surface area contributed by atoms with E-state index in [1.54, 1.807) is 36.4 Å². The van der Waals surface area contributed by atoms with Gasteiger partial charge in [-0.15, -0.1) is 11.8 Å². The Morgan fingerprint density at radius 1 is 1.15 bits per heavy atom. The smallest absolute Gasteiger partial charge is 0.246 e. The highest BCUT2D eigenvalue weighted by molar-refractivity contribution is 7.99. The second kappa shape index (κ2) is 8.82. The fraction of sp³-hybridized carbons (Fsp3) is 0.167. The van der Waals surface area contributed by atoms with Crippen LogP contribution in [0.3, 0.4) is 0 Å². The molecular formula is C18H15ClFN3O2S. The Morgan fingerprint density at radius 3 is 2.62 bits per heavy atom. The largest absolute Gasteiger partial charge is 0.346 e. The molecule has 0 aliphatic heterocycles. The maximum atomic E-state index is 12.8. The van der Waals surface area contributed by atoms with E-state index in [1.165, 1.54) is 23.9 Å². The lowest BCUT2D eigenvalue weighted by Gasteiger charge is -2.03. The molecule has 1 heterocycles. The van der Waals surface area contributed by atoms with Crippen molar-refractivity contribution in [3.05, 3.63) is 70.8 Å². The summed E-state index contributed by atoms with van der Waals surface area (Å²) in [4.78, 5) is 16.1. The van der Waals surface area contributed by atoms with Gasteiger partial charge in [0.2, 0.25) is 17.6 Å². The summed E-state index contributed by atoms with van der Waals surface area (Å²) in [6.07, 6.45) is 0. The molecule has 0 radical (unpaired) electrons. The highest BCUT2D eigenvalue weighted by atomic mass is 35.5. The van der Waals surface area contributed by atoms with Crippen molar-refractivity contribution in [2.75, 3.05) is 5.75 Å². The van der Waals surface area contributed by atoms with Crippen molar-refractivity contribution < 1.29 is 13.7 Å². The first-order valence-corrected chi connectivity index (χ1v) is 9.31. The molecule has 0 spiro atoms. The fourth-order valence-electron chi connectivity index (χ4n) is 2.11. The van der Waals surface area contributed by atoms with Gasteiger partial charge in [-0.25, -0.2) is 4.39 Å². The number of hydrogen-bond acceptors (Lipinski definition) is 5. The van der Waals surface area contributed by atoms with Gasteiger partial charge in [0.05, 0.1) is 12.3 Å². The minimum absolute atomic E-state index is 0.136. The molecule has 0 bridgehead atoms. The van der Waals surface area contributed by atoms with Crippen molar-refractivity contribution in [3.63, 3.8) is 0 Å². The lowest BCUT2D eigenvalue weighted by Crippen LogP contribution is -2.24. The van der Waals surface area contributed by atoms with Crippen LogP contribution < -0.4 is 5.32 Å². The molecule has 0 aliphatic rings. The van der Waals surface area contributed by atoms with E-state index in [-0.39, 0.29) is 24.0 Å². The molecule has 3 rings (SSSR count). The van der Waals surface area contributed by atoms with Gasteiger partial charge < -0.3 is 9.84 Å². The van der Waals surface area contributed by atoms with Gasteiger partial charge in [-0.1, -0.05) is 28.9 Å². The van der Waals surface area contributed by atoms with E-state index in [0.29, 0.717) is 22.5 Å². The van der Waals surface area contributed by atoms with E-state index in [0.717, 1.165) is 11.1 Å². The summed E-state index contributed by atoms with van der Waals surface area (Å²) in [5, 5.41) is 7.25. The number of hydrogen-bond donors (Lipinski definition) is 1. The van der Waals surface area contributed by atoms with Gasteiger partial charge in [-0.05, 0) is 42.0 Å². The Hall–Kier alpha value is -2.38. The maximum absolute atomic E-state index is 12.8. The van der Waals surface area contributed by atoms with Crippen LogP contribution in [0.5, 0.6) is 0 Å². The third-order valence-corrected chi connectivity index (χ3v) is 4.68. The molecule has 3 aromatic rings. The molecule has 0 unspecified atom stereocenters. The molecule has 1 amide bonds. The van der Waals surface area contributed by atoms with Gasteiger partial charge in [-0.3, -0.25) is 4.79 Å². The number of amides is 1. The molecule has 26 heavy (non-hydrogen) atoms. The third kappa shape index (κ3) is 5.31. The van der Waals surface area contributed by atoms with Gasteiger partial charge in [-0.2, -0.15) is 4.98 Å². The van der Waals surface area contributed by atoms with Crippen molar-refractivity contribution >= 4 is 29.3 Å². The number of carbonyl (C=O) groups excluding carboxylic acids is 1. The van der Waals surface area contributed by atoms with Crippen LogP contribution in [0.25, 0.3) is 11.4 Å². The lowest BCUT2D eigenvalue weighted by molar-refractivity contribution is -0.118. The summed E-state index contributed by atoms with van der Waals surface area (Å²) >= 11 is 7.29. The third-order valence-electron chi connectivity index (χ3n) is 3.42. The number of aromatic nitrogens is 2. The number of thioether (sulfide) groups is 1. The summed E-state index contributed by atoms with van der Waals surface area (Å²) in [6.45, 7) is 0.163. The van der Waals surface area contributed by atoms with Crippen molar-refractivity contribution in [1.29, 1.82) is 0 Å². The van der Waals surface area contributed by atoms with Gasteiger partial charge in [0.25, 0.3) is 0 Å². The van der Waals surface area contributed by atoms with Gasteiger partial charge >= 0.3 is 0 Å². The molecule has 134 valence electrons. The first kappa shape index (κ1) is 18.4. The summed E-state index contributed by atoms with van der Waals surface area (Å²) in [7, 11) is 0. The SMILES string of the molecule is O=C(CSCc1ccc(F)cc1)NCc1nc(-c2ccc(Cl)cc2)no1. The fourth-order valence-corrected chi connectivity index (χ4v) is 3.05. The van der Waals surface area contributed by atoms with Crippen molar-refractivity contribution in [2.45, 2.75) is 12.3 Å². The molecule has 2 aromatic carbocycles. The second-order valence-electron chi connectivity index (χ2n) is 5.41. The summed E-state index contributed by atoms with van der Waals surface area (Å²) < 4.78 is 18.0. The standard InChI is InChI=1S/C18H15ClFN3O2S/c19-14-5-3-13(4-6-14)18-22-17(25-23-18)9-21-16(24)11-26-10-12-1-7-15(20)8-2-12/h1-8H,9-11H2,(H,21,24). The molecule has 0 atom stereocenters. The first-order chi connectivity index (χ1) is 12.6. The van der Waals surface area contributed by atoms with Crippen molar-refractivity contribution in [3.8, 4) is 11.4 Å². The average molecular weight is 392 g/mol. The molecule has 8 heteroatoms. The molecule has 0 saturated carbocycles. The highest BCUT2D eigenvalue weighted by Gasteiger charge is 2.10. The molecule has 0 saturated heterocycles. The highest BCUT2D eigenvalue weighted by Crippen LogP contribution is 2.18. The summed E-state index contributed by atoms with van der Waals surface area (Å²) in [6, 6.07) is 13.3. The average Bonchev–Trinajstić information content (AvgIpc) is 3.11. The topological polar surface area (TPSA) is 68.0 Å². The Bertz CT molecular complexity index is 869. The number of nitrogens with one attached hydrogen (secondary N) is 1. The van der Waals surface area contributed by atoms with Gasteiger partial charge in [0.1, 0.15) is 5.82 Å². The molecular weight excluding hydrogens is 377 g/mol. The molecule has 0 aliphatic carbocycles. The number of nitrogens with zero attached hydrogens (tertiary/aromatic N) is 2. The quantitative estimate of drug-likeness (QED) is 0.657. The zero-order valence-electron chi connectivity index (χ0n) is 13.6. The summed E-state index contributed by atoms with van der Waals surface area (Å²) in [5.74, 6) is 1.28. The van der Waals surface area contributed by atoms with E-state index in [1.807, 2.05) is 0 Å². The minimum atomic E-state index is -0.269. The van der Waals surface area contributed by atoms with E-state index < -0.39 is 0 Å². The van der Waals surface area contributed by atoms with Crippen LogP contribution in [-0.4, -0.2) is 21.8 Å². The zero-order chi connectivity index (χ0) is 18.4. The van der Waals surface area contributed by atoms with Crippen LogP contribution in [0.2, 0.25) is 5.02 Å². The molecule has 0 fully saturated rings. The van der Waals surface area contributed by atoms with E-state index in [4.69, 9.17) is 16.1 Å². The Morgan fingerprint density at radius 2 is 1.88 bits per heavy atom. The number of halogens is 2. The van der Waals surface area contributed by atoms with Crippen LogP contribution >= 0.6 is 23.4 Å². The monoisotopic (exact) mass is 391 g/mol. The zero-order valence-corrected chi connectivity index (χ0v) is 15.2. The van der Waals surface area contributed by atoms with E-state index >= 15 is 0 Å². The number of carbonyl (C=O) groups is 1. The van der Waals surface area contributed by atoms with E-state index in [2.05, 4.69) is 15.5 Å². The van der Waals surface area contributed by atoms with Crippen LogP contribution in [0.4, 0.5) is 4.39 Å². The molecule has 1 aromatic heterocycles. The van der Waals surface area contributed by atoms with Crippen LogP contribution in [0, 0.1) is 5.82 Å². The normalized spacial score (nSPS) is 10.7. The maximum Gasteiger partial charge on any atom is 0.246 e. The van der Waals surface area contributed by atoms with Gasteiger partial charge in [0.15, 0.2) is 0 Å². The van der Waals surface area contributed by atoms with Gasteiger partial charge in [0, 0.05) is 16.3 Å². The van der Waals surface area contributed by atoms with Crippen LogP contribution in [-0.2, 0) is 17.1 Å². The number of benzene rings is 2. The number of rotatable bonds is 7. The second-order valence-corrected chi connectivity index (χ2v) is 6.84. The summed E-state index contributed by atoms with van der Waals surface area (Å²) in [5.41, 5.74) is 1.75. The van der Waals surface area contributed by atoms with E-state index in [9.17, 15) is 9.18 Å². The Labute approximate surface area is 158 Å². The van der Waals surface area contributed by atoms with Crippen molar-refractivity contribution in [1.82, 2.24) is 15.5 Å². The lowest BCUT2D eigenvalue weighted by atomic mass is 10.2. The Balaban J connectivity index is 1.43. The molecule has 1 N–H and O–H groups in total. The Kier molecular flexibility index (Phi) is 6.25. The van der Waals surface area contributed by atoms with Crippen LogP contribution in [0.15, 0.2) is 53.1 Å². The first-order valence-electron chi connectivity index (χ1n) is 7.77. The molecule has 5 nitrogen and oxygen atoms in total.